The van der Waals surface area contributed by atoms with Crippen molar-refractivity contribution in [3.8, 4) is 0 Å². The zero-order valence-corrected chi connectivity index (χ0v) is 10.8. The molecule has 0 heterocycles. The minimum absolute atomic E-state index is 0.0258. The molecule has 2 aliphatic carbocycles. The number of rotatable bonds is 4. The minimum atomic E-state index is 0.0258. The van der Waals surface area contributed by atoms with Gasteiger partial charge in [0.2, 0.25) is 0 Å². The Kier molecular flexibility index (Phi) is 4.69. The predicted molar refractivity (Wildman–Crippen MR) is 68.3 cm³/mol. The van der Waals surface area contributed by atoms with Crippen LogP contribution in [0.3, 0.4) is 0 Å². The lowest BCUT2D eigenvalue weighted by molar-refractivity contribution is 0.0337. The molecule has 0 aliphatic heterocycles. The van der Waals surface area contributed by atoms with Crippen molar-refractivity contribution < 1.29 is 5.11 Å². The molecule has 0 amide bonds. The van der Waals surface area contributed by atoms with E-state index in [-0.39, 0.29) is 6.10 Å². The van der Waals surface area contributed by atoms with Crippen LogP contribution in [0.1, 0.15) is 71.1 Å². The molecule has 1 nitrogen and oxygen atoms in total. The molecule has 0 spiro atoms. The van der Waals surface area contributed by atoms with Crippen molar-refractivity contribution in [2.75, 3.05) is 0 Å². The summed E-state index contributed by atoms with van der Waals surface area (Å²) in [5, 5.41) is 9.69. The molecule has 0 aromatic heterocycles. The van der Waals surface area contributed by atoms with Gasteiger partial charge in [-0.2, -0.15) is 0 Å². The van der Waals surface area contributed by atoms with Gasteiger partial charge >= 0.3 is 0 Å². The smallest absolute Gasteiger partial charge is 0.0543 e. The van der Waals surface area contributed by atoms with Gasteiger partial charge in [0.05, 0.1) is 6.10 Å². The monoisotopic (exact) mass is 224 g/mol. The molecular weight excluding hydrogens is 196 g/mol. The van der Waals surface area contributed by atoms with Crippen LogP contribution in [-0.2, 0) is 0 Å². The molecule has 2 saturated carbocycles. The number of hydrogen-bond acceptors (Lipinski definition) is 1. The Hall–Kier alpha value is -0.0400. The molecule has 0 aromatic carbocycles. The van der Waals surface area contributed by atoms with Gasteiger partial charge in [0.25, 0.3) is 0 Å². The molecule has 2 aliphatic rings. The van der Waals surface area contributed by atoms with Crippen LogP contribution in [0.4, 0.5) is 0 Å². The molecule has 1 heteroatoms. The fourth-order valence-corrected chi connectivity index (χ4v) is 3.91. The molecule has 2 fully saturated rings. The van der Waals surface area contributed by atoms with E-state index in [1.807, 2.05) is 0 Å². The molecule has 94 valence electrons. The molecule has 0 unspecified atom stereocenters. The normalized spacial score (nSPS) is 39.4. The quantitative estimate of drug-likeness (QED) is 0.711. The van der Waals surface area contributed by atoms with Crippen LogP contribution in [-0.4, -0.2) is 11.2 Å². The van der Waals surface area contributed by atoms with Gasteiger partial charge in [-0.15, -0.1) is 0 Å². The predicted octanol–water partition coefficient (Wildman–Crippen LogP) is 4.14. The summed E-state index contributed by atoms with van der Waals surface area (Å²) in [6.07, 6.45) is 13.5. The van der Waals surface area contributed by atoms with Crippen LogP contribution < -0.4 is 0 Å². The van der Waals surface area contributed by atoms with Crippen LogP contribution in [0, 0.1) is 17.8 Å². The van der Waals surface area contributed by atoms with E-state index in [1.54, 1.807) is 0 Å². The SMILES string of the molecule is CCCCC[C@@H]1CC[C@@H]2C[C@H](O)CC[C@@H]2C1. The molecule has 4 atom stereocenters. The summed E-state index contributed by atoms with van der Waals surface area (Å²) in [7, 11) is 0. The number of aliphatic hydroxyl groups excluding tert-OH is 1. The van der Waals surface area contributed by atoms with E-state index in [9.17, 15) is 5.11 Å². The lowest BCUT2D eigenvalue weighted by atomic mass is 9.66. The van der Waals surface area contributed by atoms with E-state index in [2.05, 4.69) is 6.92 Å². The highest BCUT2D eigenvalue weighted by atomic mass is 16.3. The van der Waals surface area contributed by atoms with Crippen LogP contribution >= 0.6 is 0 Å². The highest BCUT2D eigenvalue weighted by molar-refractivity contribution is 4.85. The van der Waals surface area contributed by atoms with Gasteiger partial charge in [0, 0.05) is 0 Å². The fraction of sp³-hybridized carbons (Fsp3) is 1.00. The second kappa shape index (κ2) is 6.05. The van der Waals surface area contributed by atoms with Crippen molar-refractivity contribution in [2.45, 2.75) is 77.2 Å². The first-order chi connectivity index (χ1) is 7.79. The standard InChI is InChI=1S/C15H28O/c1-2-3-4-5-12-6-7-14-11-15(16)9-8-13(14)10-12/h12-16H,2-11H2,1H3/t12-,13-,14-,15-/m1/s1. The van der Waals surface area contributed by atoms with Gasteiger partial charge in [-0.25, -0.2) is 0 Å². The summed E-state index contributed by atoms with van der Waals surface area (Å²) in [5.41, 5.74) is 0. The maximum absolute atomic E-state index is 9.69. The molecule has 16 heavy (non-hydrogen) atoms. The second-order valence-corrected chi connectivity index (χ2v) is 6.16. The first-order valence-corrected chi connectivity index (χ1v) is 7.47. The van der Waals surface area contributed by atoms with Crippen molar-refractivity contribution in [1.82, 2.24) is 0 Å². The topological polar surface area (TPSA) is 20.2 Å². The van der Waals surface area contributed by atoms with Crippen molar-refractivity contribution in [3.63, 3.8) is 0 Å². The summed E-state index contributed by atoms with van der Waals surface area (Å²) in [6, 6.07) is 0. The first-order valence-electron chi connectivity index (χ1n) is 7.47. The average molecular weight is 224 g/mol. The van der Waals surface area contributed by atoms with Gasteiger partial charge in [-0.1, -0.05) is 39.0 Å². The summed E-state index contributed by atoms with van der Waals surface area (Å²) in [4.78, 5) is 0. The fourth-order valence-electron chi connectivity index (χ4n) is 3.91. The Bertz CT molecular complexity index is 202. The van der Waals surface area contributed by atoms with E-state index >= 15 is 0 Å². The summed E-state index contributed by atoms with van der Waals surface area (Å²) in [5.74, 6) is 2.85. The molecule has 0 aromatic rings. The highest BCUT2D eigenvalue weighted by Gasteiger charge is 2.34. The third-order valence-electron chi connectivity index (χ3n) is 4.91. The lowest BCUT2D eigenvalue weighted by Crippen LogP contribution is -2.33. The lowest BCUT2D eigenvalue weighted by Gasteiger charge is -2.41. The number of unbranched alkanes of at least 4 members (excludes halogenated alkanes) is 2. The molecular formula is C15H28O. The Labute approximate surface area is 101 Å². The zero-order chi connectivity index (χ0) is 11.4. The molecule has 0 saturated heterocycles. The maximum Gasteiger partial charge on any atom is 0.0543 e. The van der Waals surface area contributed by atoms with E-state index in [4.69, 9.17) is 0 Å². The van der Waals surface area contributed by atoms with Crippen LogP contribution in [0.15, 0.2) is 0 Å². The second-order valence-electron chi connectivity index (χ2n) is 6.16. The zero-order valence-electron chi connectivity index (χ0n) is 10.8. The Balaban J connectivity index is 1.73. The third kappa shape index (κ3) is 3.23. The molecule has 2 rings (SSSR count). The van der Waals surface area contributed by atoms with Crippen molar-refractivity contribution in [3.05, 3.63) is 0 Å². The third-order valence-corrected chi connectivity index (χ3v) is 4.91. The Morgan fingerprint density at radius 2 is 1.69 bits per heavy atom. The number of fused-ring (bicyclic) bond motifs is 1. The van der Waals surface area contributed by atoms with Gasteiger partial charge < -0.3 is 5.11 Å². The molecule has 0 bridgehead atoms. The number of hydrogen-bond donors (Lipinski definition) is 1. The van der Waals surface area contributed by atoms with E-state index in [1.165, 1.54) is 51.4 Å². The van der Waals surface area contributed by atoms with Crippen LogP contribution in [0.25, 0.3) is 0 Å². The highest BCUT2D eigenvalue weighted by Crippen LogP contribution is 2.43. The van der Waals surface area contributed by atoms with Gasteiger partial charge in [-0.3, -0.25) is 0 Å². The summed E-state index contributed by atoms with van der Waals surface area (Å²) in [6.45, 7) is 2.29. The van der Waals surface area contributed by atoms with Crippen LogP contribution in [0.5, 0.6) is 0 Å². The maximum atomic E-state index is 9.69. The summed E-state index contributed by atoms with van der Waals surface area (Å²) < 4.78 is 0. The van der Waals surface area contributed by atoms with Crippen LogP contribution in [0.2, 0.25) is 0 Å². The van der Waals surface area contributed by atoms with Crippen molar-refractivity contribution in [2.24, 2.45) is 17.8 Å². The minimum Gasteiger partial charge on any atom is -0.393 e. The molecule has 1 N–H and O–H groups in total. The Morgan fingerprint density at radius 1 is 0.938 bits per heavy atom. The first kappa shape index (κ1) is 12.4. The average Bonchev–Trinajstić information content (AvgIpc) is 2.29. The van der Waals surface area contributed by atoms with Gasteiger partial charge in [0.1, 0.15) is 0 Å². The van der Waals surface area contributed by atoms with E-state index < -0.39 is 0 Å². The Morgan fingerprint density at radius 3 is 2.50 bits per heavy atom. The summed E-state index contributed by atoms with van der Waals surface area (Å²) >= 11 is 0. The largest absolute Gasteiger partial charge is 0.393 e. The number of aliphatic hydroxyl groups is 1. The van der Waals surface area contributed by atoms with Crippen molar-refractivity contribution in [1.29, 1.82) is 0 Å². The van der Waals surface area contributed by atoms with E-state index in [0.717, 1.165) is 30.6 Å². The van der Waals surface area contributed by atoms with Gasteiger partial charge in [-0.05, 0) is 49.9 Å². The van der Waals surface area contributed by atoms with Crippen molar-refractivity contribution >= 4 is 0 Å². The van der Waals surface area contributed by atoms with E-state index in [0.29, 0.717) is 0 Å². The van der Waals surface area contributed by atoms with Gasteiger partial charge in [0.15, 0.2) is 0 Å². The molecule has 0 radical (unpaired) electrons.